The lowest BCUT2D eigenvalue weighted by Gasteiger charge is -2.42. The molecule has 3 aliphatic carbocycles. The van der Waals surface area contributed by atoms with Crippen molar-refractivity contribution in [2.45, 2.75) is 105 Å². The fraction of sp³-hybridized carbons (Fsp3) is 0.724. The van der Waals surface area contributed by atoms with E-state index in [2.05, 4.69) is 59.1 Å². The number of unbranched alkanes of at least 4 members (excludes halogenated alkanes) is 1. The number of hydrogen-bond acceptors (Lipinski definition) is 0. The zero-order valence-electron chi connectivity index (χ0n) is 19.9. The lowest BCUT2D eigenvalue weighted by molar-refractivity contribution is 0.127. The zero-order chi connectivity index (χ0) is 21.1. The van der Waals surface area contributed by atoms with Crippen LogP contribution in [0, 0.1) is 28.6 Å². The molecule has 0 amide bonds. The average Bonchev–Trinajstić information content (AvgIpc) is 3.01. The van der Waals surface area contributed by atoms with Gasteiger partial charge in [-0.05, 0) is 91.9 Å². The maximum Gasteiger partial charge on any atom is -0.0106 e. The van der Waals surface area contributed by atoms with E-state index in [0.717, 1.165) is 30.6 Å². The smallest absolute Gasteiger partial charge is 0.0106 e. The van der Waals surface area contributed by atoms with E-state index in [9.17, 15) is 0 Å². The predicted octanol–water partition coefficient (Wildman–Crippen LogP) is 9.20. The van der Waals surface area contributed by atoms with Crippen molar-refractivity contribution in [3.8, 4) is 0 Å². The van der Waals surface area contributed by atoms with E-state index in [1.54, 1.807) is 5.57 Å². The SMILES string of the molecule is C=CC1(C)CC/C(=C\C=C2/CCCC3(C)C(CCCCC(C)C)CCC23)C(=C)C1. The first kappa shape index (κ1) is 22.6. The van der Waals surface area contributed by atoms with Gasteiger partial charge in [-0.2, -0.15) is 0 Å². The summed E-state index contributed by atoms with van der Waals surface area (Å²) in [5.41, 5.74) is 5.39. The van der Waals surface area contributed by atoms with Gasteiger partial charge in [0.25, 0.3) is 0 Å². The molecule has 0 aliphatic heterocycles. The summed E-state index contributed by atoms with van der Waals surface area (Å²) in [4.78, 5) is 0. The molecule has 0 heterocycles. The zero-order valence-corrected chi connectivity index (χ0v) is 19.9. The Morgan fingerprint density at radius 3 is 2.55 bits per heavy atom. The molecule has 0 aromatic rings. The van der Waals surface area contributed by atoms with Gasteiger partial charge in [-0.25, -0.2) is 0 Å². The molecule has 3 fully saturated rings. The second-order valence-corrected chi connectivity index (χ2v) is 11.4. The Morgan fingerprint density at radius 2 is 1.86 bits per heavy atom. The molecule has 0 heteroatoms. The fourth-order valence-corrected chi connectivity index (χ4v) is 6.63. The molecule has 4 atom stereocenters. The summed E-state index contributed by atoms with van der Waals surface area (Å²) < 4.78 is 0. The van der Waals surface area contributed by atoms with Gasteiger partial charge in [0.15, 0.2) is 0 Å². The molecule has 0 spiro atoms. The Morgan fingerprint density at radius 1 is 1.07 bits per heavy atom. The van der Waals surface area contributed by atoms with E-state index < -0.39 is 0 Å². The monoisotopic (exact) mass is 394 g/mol. The normalized spacial score (nSPS) is 38.0. The van der Waals surface area contributed by atoms with Crippen LogP contribution in [-0.4, -0.2) is 0 Å². The lowest BCUT2D eigenvalue weighted by atomic mass is 9.62. The van der Waals surface area contributed by atoms with E-state index in [0.29, 0.717) is 5.41 Å². The van der Waals surface area contributed by atoms with E-state index in [1.165, 1.54) is 75.4 Å². The van der Waals surface area contributed by atoms with Gasteiger partial charge in [0, 0.05) is 0 Å². The minimum atomic E-state index is 0.249. The minimum Gasteiger partial charge on any atom is -0.103 e. The highest BCUT2D eigenvalue weighted by atomic mass is 14.5. The van der Waals surface area contributed by atoms with Gasteiger partial charge in [0.1, 0.15) is 0 Å². The van der Waals surface area contributed by atoms with Crippen LogP contribution < -0.4 is 0 Å². The van der Waals surface area contributed by atoms with Crippen LogP contribution in [0.5, 0.6) is 0 Å². The van der Waals surface area contributed by atoms with E-state index in [1.807, 2.05) is 0 Å². The molecule has 0 aromatic heterocycles. The van der Waals surface area contributed by atoms with Gasteiger partial charge in [-0.15, -0.1) is 6.58 Å². The topological polar surface area (TPSA) is 0 Å². The second-order valence-electron chi connectivity index (χ2n) is 11.4. The van der Waals surface area contributed by atoms with Gasteiger partial charge in [-0.1, -0.05) is 82.9 Å². The summed E-state index contributed by atoms with van der Waals surface area (Å²) >= 11 is 0. The second kappa shape index (κ2) is 9.40. The molecule has 0 radical (unpaired) electrons. The third kappa shape index (κ3) is 5.18. The van der Waals surface area contributed by atoms with Crippen LogP contribution in [-0.2, 0) is 0 Å². The maximum atomic E-state index is 4.40. The van der Waals surface area contributed by atoms with Crippen molar-refractivity contribution in [3.05, 3.63) is 48.1 Å². The molecule has 3 saturated carbocycles. The average molecular weight is 395 g/mol. The Bertz CT molecular complexity index is 660. The van der Waals surface area contributed by atoms with Crippen molar-refractivity contribution < 1.29 is 0 Å². The highest BCUT2D eigenvalue weighted by Gasteiger charge is 2.48. The van der Waals surface area contributed by atoms with Gasteiger partial charge in [0.2, 0.25) is 0 Å². The molecule has 162 valence electrons. The van der Waals surface area contributed by atoms with Crippen LogP contribution in [0.1, 0.15) is 105 Å². The van der Waals surface area contributed by atoms with Crippen molar-refractivity contribution in [2.24, 2.45) is 28.6 Å². The van der Waals surface area contributed by atoms with Gasteiger partial charge >= 0.3 is 0 Å². The minimum absolute atomic E-state index is 0.249. The highest BCUT2D eigenvalue weighted by Crippen LogP contribution is 2.58. The summed E-state index contributed by atoms with van der Waals surface area (Å²) in [6.07, 6.45) is 23.3. The Balaban J connectivity index is 1.64. The standard InChI is InChI=1S/C29H46/c1-7-28(5)20-18-24(23(4)21-28)14-15-25-12-10-19-29(6)26(16-17-27(25)29)13-9-8-11-22(2)3/h7,14-15,22,26-27H,1,4,8-13,16-21H2,2-3,5-6H3/b24-14+,25-15+. The molecule has 0 bridgehead atoms. The van der Waals surface area contributed by atoms with Gasteiger partial charge < -0.3 is 0 Å². The Labute approximate surface area is 181 Å². The van der Waals surface area contributed by atoms with Crippen molar-refractivity contribution in [2.75, 3.05) is 0 Å². The summed E-state index contributed by atoms with van der Waals surface area (Å²) in [5.74, 6) is 2.64. The molecular weight excluding hydrogens is 348 g/mol. The molecule has 0 N–H and O–H groups in total. The Hall–Kier alpha value is -1.04. The number of fused-ring (bicyclic) bond motifs is 1. The van der Waals surface area contributed by atoms with Crippen LogP contribution in [0.15, 0.2) is 48.1 Å². The molecule has 4 unspecified atom stereocenters. The quantitative estimate of drug-likeness (QED) is 0.298. The van der Waals surface area contributed by atoms with Crippen LogP contribution in [0.4, 0.5) is 0 Å². The van der Waals surface area contributed by atoms with Crippen LogP contribution in [0.2, 0.25) is 0 Å². The molecular formula is C29H46. The van der Waals surface area contributed by atoms with E-state index in [-0.39, 0.29) is 5.41 Å². The molecule has 0 nitrogen and oxygen atoms in total. The first-order valence-electron chi connectivity index (χ1n) is 12.5. The third-order valence-corrected chi connectivity index (χ3v) is 8.77. The molecule has 29 heavy (non-hydrogen) atoms. The van der Waals surface area contributed by atoms with Gasteiger partial charge in [-0.3, -0.25) is 0 Å². The van der Waals surface area contributed by atoms with Crippen LogP contribution in [0.3, 0.4) is 0 Å². The van der Waals surface area contributed by atoms with Gasteiger partial charge in [0.05, 0.1) is 0 Å². The maximum absolute atomic E-state index is 4.40. The van der Waals surface area contributed by atoms with Crippen molar-refractivity contribution >= 4 is 0 Å². The van der Waals surface area contributed by atoms with Crippen molar-refractivity contribution in [1.29, 1.82) is 0 Å². The first-order valence-corrected chi connectivity index (χ1v) is 12.5. The predicted molar refractivity (Wildman–Crippen MR) is 129 cm³/mol. The third-order valence-electron chi connectivity index (χ3n) is 8.77. The molecule has 0 aromatic carbocycles. The molecule has 3 aliphatic rings. The van der Waals surface area contributed by atoms with E-state index in [4.69, 9.17) is 0 Å². The number of hydrogen-bond donors (Lipinski definition) is 0. The van der Waals surface area contributed by atoms with Crippen LogP contribution in [0.25, 0.3) is 0 Å². The van der Waals surface area contributed by atoms with E-state index >= 15 is 0 Å². The number of allylic oxidation sites excluding steroid dienone is 6. The summed E-state index contributed by atoms with van der Waals surface area (Å²) in [5, 5.41) is 0. The lowest BCUT2D eigenvalue weighted by Crippen LogP contribution is -2.33. The van der Waals surface area contributed by atoms with Crippen molar-refractivity contribution in [1.82, 2.24) is 0 Å². The summed E-state index contributed by atoms with van der Waals surface area (Å²) in [6, 6.07) is 0. The Kier molecular flexibility index (Phi) is 7.34. The molecule has 3 rings (SSSR count). The fourth-order valence-electron chi connectivity index (χ4n) is 6.63. The van der Waals surface area contributed by atoms with Crippen molar-refractivity contribution in [3.63, 3.8) is 0 Å². The first-order chi connectivity index (χ1) is 13.8. The largest absolute Gasteiger partial charge is 0.103 e. The summed E-state index contributed by atoms with van der Waals surface area (Å²) in [7, 11) is 0. The van der Waals surface area contributed by atoms with Crippen LogP contribution >= 0.6 is 0 Å². The highest BCUT2D eigenvalue weighted by molar-refractivity contribution is 5.37. The number of rotatable bonds is 7. The molecule has 0 saturated heterocycles. The summed E-state index contributed by atoms with van der Waals surface area (Å²) in [6.45, 7) is 18.1.